The Labute approximate surface area is 128 Å². The molecule has 0 aliphatic rings. The van der Waals surface area contributed by atoms with Crippen LogP contribution in [0.5, 0.6) is 5.75 Å². The molecule has 21 heavy (non-hydrogen) atoms. The number of rotatable bonds is 6. The minimum Gasteiger partial charge on any atom is -0.482 e. The van der Waals surface area contributed by atoms with E-state index in [0.717, 1.165) is 11.3 Å². The molecule has 1 heterocycles. The smallest absolute Gasteiger partial charge is 0.310 e. The maximum Gasteiger partial charge on any atom is 0.310 e. The standard InChI is InChI=1S/C12H10ClN3O4S/c13-7-3-1-2-4-8(7)20-6-9(17)14-12-16-15-10(21-12)5-11(18)19/h1-4H,5-6H2,(H,18,19)(H,14,16,17). The topological polar surface area (TPSA) is 101 Å². The minimum atomic E-state index is -1.01. The van der Waals surface area contributed by atoms with Crippen LogP contribution < -0.4 is 10.1 Å². The van der Waals surface area contributed by atoms with E-state index in [0.29, 0.717) is 15.8 Å². The molecule has 2 aromatic rings. The van der Waals surface area contributed by atoms with Crippen LogP contribution in [0.25, 0.3) is 0 Å². The molecule has 0 atom stereocenters. The van der Waals surface area contributed by atoms with Crippen molar-refractivity contribution in [2.24, 2.45) is 0 Å². The number of benzene rings is 1. The third-order valence-electron chi connectivity index (χ3n) is 2.21. The summed E-state index contributed by atoms with van der Waals surface area (Å²) in [6.45, 7) is -0.239. The van der Waals surface area contributed by atoms with Crippen molar-refractivity contribution < 1.29 is 19.4 Å². The average Bonchev–Trinajstić information content (AvgIpc) is 2.84. The number of carboxylic acid groups (broad SMARTS) is 1. The van der Waals surface area contributed by atoms with Crippen molar-refractivity contribution >= 4 is 39.9 Å². The van der Waals surface area contributed by atoms with Gasteiger partial charge in [-0.15, -0.1) is 10.2 Å². The molecule has 1 aromatic heterocycles. The highest BCUT2D eigenvalue weighted by atomic mass is 35.5. The molecule has 0 radical (unpaired) electrons. The van der Waals surface area contributed by atoms with Gasteiger partial charge in [-0.25, -0.2) is 0 Å². The molecule has 7 nitrogen and oxygen atoms in total. The second-order valence-electron chi connectivity index (χ2n) is 3.84. The fourth-order valence-electron chi connectivity index (χ4n) is 1.37. The lowest BCUT2D eigenvalue weighted by Gasteiger charge is -2.06. The van der Waals surface area contributed by atoms with E-state index in [-0.39, 0.29) is 18.2 Å². The predicted octanol–water partition coefficient (Wildman–Crippen LogP) is 1.84. The highest BCUT2D eigenvalue weighted by molar-refractivity contribution is 7.15. The molecule has 0 saturated heterocycles. The number of nitrogens with one attached hydrogen (secondary N) is 1. The molecule has 110 valence electrons. The number of anilines is 1. The number of nitrogens with zero attached hydrogens (tertiary/aromatic N) is 2. The van der Waals surface area contributed by atoms with E-state index < -0.39 is 11.9 Å². The van der Waals surface area contributed by atoms with E-state index in [4.69, 9.17) is 21.4 Å². The van der Waals surface area contributed by atoms with Crippen molar-refractivity contribution in [3.63, 3.8) is 0 Å². The summed E-state index contributed by atoms with van der Waals surface area (Å²) in [5, 5.41) is 19.3. The normalized spacial score (nSPS) is 10.1. The number of carbonyl (C=O) groups excluding carboxylic acids is 1. The van der Waals surface area contributed by atoms with Crippen molar-refractivity contribution in [2.45, 2.75) is 6.42 Å². The molecule has 2 N–H and O–H groups in total. The maximum absolute atomic E-state index is 11.7. The number of carbonyl (C=O) groups is 2. The van der Waals surface area contributed by atoms with Crippen molar-refractivity contribution in [2.75, 3.05) is 11.9 Å². The van der Waals surface area contributed by atoms with Gasteiger partial charge < -0.3 is 9.84 Å². The summed E-state index contributed by atoms with van der Waals surface area (Å²) in [5.41, 5.74) is 0. The van der Waals surface area contributed by atoms with Crippen molar-refractivity contribution in [1.29, 1.82) is 0 Å². The van der Waals surface area contributed by atoms with Crippen LogP contribution in [0.1, 0.15) is 5.01 Å². The van der Waals surface area contributed by atoms with Gasteiger partial charge in [0, 0.05) is 0 Å². The van der Waals surface area contributed by atoms with Gasteiger partial charge in [-0.1, -0.05) is 35.1 Å². The van der Waals surface area contributed by atoms with E-state index in [1.807, 2.05) is 0 Å². The fraction of sp³-hybridized carbons (Fsp3) is 0.167. The molecule has 0 unspecified atom stereocenters. The van der Waals surface area contributed by atoms with Crippen molar-refractivity contribution in [3.8, 4) is 5.75 Å². The second-order valence-corrected chi connectivity index (χ2v) is 5.31. The summed E-state index contributed by atoms with van der Waals surface area (Å²) < 4.78 is 5.26. The summed E-state index contributed by atoms with van der Waals surface area (Å²) in [6.07, 6.45) is -0.232. The number of aliphatic carboxylic acids is 1. The highest BCUT2D eigenvalue weighted by Crippen LogP contribution is 2.23. The van der Waals surface area contributed by atoms with Gasteiger partial charge in [-0.3, -0.25) is 14.9 Å². The van der Waals surface area contributed by atoms with Gasteiger partial charge >= 0.3 is 5.97 Å². The third-order valence-corrected chi connectivity index (χ3v) is 3.36. The lowest BCUT2D eigenvalue weighted by atomic mass is 10.3. The van der Waals surface area contributed by atoms with E-state index >= 15 is 0 Å². The number of carboxylic acids is 1. The lowest BCUT2D eigenvalue weighted by molar-refractivity contribution is -0.136. The lowest BCUT2D eigenvalue weighted by Crippen LogP contribution is -2.20. The first-order valence-electron chi connectivity index (χ1n) is 5.76. The molecular formula is C12H10ClN3O4S. The van der Waals surface area contributed by atoms with Crippen LogP contribution in [0, 0.1) is 0 Å². The average molecular weight is 328 g/mol. The largest absolute Gasteiger partial charge is 0.482 e. The summed E-state index contributed by atoms with van der Waals surface area (Å²) in [4.78, 5) is 22.2. The van der Waals surface area contributed by atoms with Gasteiger partial charge in [0.25, 0.3) is 5.91 Å². The highest BCUT2D eigenvalue weighted by Gasteiger charge is 2.11. The van der Waals surface area contributed by atoms with Gasteiger partial charge in [-0.05, 0) is 12.1 Å². The van der Waals surface area contributed by atoms with E-state index in [1.165, 1.54) is 0 Å². The Hall–Kier alpha value is -2.19. The molecule has 9 heteroatoms. The maximum atomic E-state index is 11.7. The van der Waals surface area contributed by atoms with Crippen LogP contribution in [-0.2, 0) is 16.0 Å². The number of para-hydroxylation sites is 1. The van der Waals surface area contributed by atoms with Crippen LogP contribution in [0.3, 0.4) is 0 Å². The Bertz CT molecular complexity index is 661. The molecule has 0 saturated carbocycles. The van der Waals surface area contributed by atoms with Crippen LogP contribution >= 0.6 is 22.9 Å². The molecule has 0 spiro atoms. The second kappa shape index (κ2) is 7.00. The minimum absolute atomic E-state index is 0.221. The molecular weight excluding hydrogens is 318 g/mol. The monoisotopic (exact) mass is 327 g/mol. The van der Waals surface area contributed by atoms with Gasteiger partial charge in [-0.2, -0.15) is 0 Å². The summed E-state index contributed by atoms with van der Waals surface area (Å²) in [7, 11) is 0. The summed E-state index contributed by atoms with van der Waals surface area (Å²) in [6, 6.07) is 6.78. The Kier molecular flexibility index (Phi) is 5.07. The van der Waals surface area contributed by atoms with Crippen LogP contribution in [0.2, 0.25) is 5.02 Å². The zero-order chi connectivity index (χ0) is 15.2. The van der Waals surface area contributed by atoms with Crippen molar-refractivity contribution in [1.82, 2.24) is 10.2 Å². The first-order valence-corrected chi connectivity index (χ1v) is 6.95. The van der Waals surface area contributed by atoms with Crippen LogP contribution in [-0.4, -0.2) is 33.8 Å². The Morgan fingerprint density at radius 3 is 2.81 bits per heavy atom. The van der Waals surface area contributed by atoms with E-state index in [2.05, 4.69) is 15.5 Å². The van der Waals surface area contributed by atoms with Crippen molar-refractivity contribution in [3.05, 3.63) is 34.3 Å². The molecule has 0 fully saturated rings. The Morgan fingerprint density at radius 1 is 1.33 bits per heavy atom. The number of halogens is 1. The number of hydrogen-bond donors (Lipinski definition) is 2. The summed E-state index contributed by atoms with van der Waals surface area (Å²) >= 11 is 6.88. The van der Waals surface area contributed by atoms with Gasteiger partial charge in [0.1, 0.15) is 10.8 Å². The zero-order valence-electron chi connectivity index (χ0n) is 10.6. The SMILES string of the molecule is O=C(O)Cc1nnc(NC(=O)COc2ccccc2Cl)s1. The third kappa shape index (κ3) is 4.69. The van der Waals surface area contributed by atoms with Crippen LogP contribution in [0.4, 0.5) is 5.13 Å². The van der Waals surface area contributed by atoms with Crippen LogP contribution in [0.15, 0.2) is 24.3 Å². The number of aromatic nitrogens is 2. The van der Waals surface area contributed by atoms with Gasteiger partial charge in [0.15, 0.2) is 6.61 Å². The fourth-order valence-corrected chi connectivity index (χ4v) is 2.30. The molecule has 0 aliphatic carbocycles. The Balaban J connectivity index is 1.86. The number of ether oxygens (including phenoxy) is 1. The number of hydrogen-bond acceptors (Lipinski definition) is 6. The summed E-state index contributed by atoms with van der Waals surface area (Å²) in [5.74, 6) is -1.04. The quantitative estimate of drug-likeness (QED) is 0.839. The van der Waals surface area contributed by atoms with Gasteiger partial charge in [0.2, 0.25) is 5.13 Å². The van der Waals surface area contributed by atoms with E-state index in [9.17, 15) is 9.59 Å². The molecule has 0 aliphatic heterocycles. The molecule has 2 rings (SSSR count). The number of amides is 1. The first kappa shape index (κ1) is 15.2. The molecule has 1 amide bonds. The molecule has 1 aromatic carbocycles. The zero-order valence-corrected chi connectivity index (χ0v) is 12.1. The van der Waals surface area contributed by atoms with Gasteiger partial charge in [0.05, 0.1) is 11.4 Å². The first-order chi connectivity index (χ1) is 10.0. The molecule has 0 bridgehead atoms. The van der Waals surface area contributed by atoms with E-state index in [1.54, 1.807) is 24.3 Å². The Morgan fingerprint density at radius 2 is 2.10 bits per heavy atom. The predicted molar refractivity (Wildman–Crippen MR) is 76.8 cm³/mol.